The summed E-state index contributed by atoms with van der Waals surface area (Å²) in [6, 6.07) is 0. The van der Waals surface area contributed by atoms with Crippen molar-refractivity contribution in [3.63, 3.8) is 0 Å². The Labute approximate surface area is 189 Å². The highest BCUT2D eigenvalue weighted by Crippen LogP contribution is 2.45. The summed E-state index contributed by atoms with van der Waals surface area (Å²) in [7, 11) is -6.84. The van der Waals surface area contributed by atoms with Crippen molar-refractivity contribution in [2.24, 2.45) is 11.8 Å². The van der Waals surface area contributed by atoms with Crippen molar-refractivity contribution >= 4 is 34.1 Å². The first kappa shape index (κ1) is 30.6. The molecular formula is C14H14F8O10S2-2. The highest BCUT2D eigenvalue weighted by molar-refractivity contribution is 7.96. The van der Waals surface area contributed by atoms with E-state index in [1.807, 2.05) is 0 Å². The van der Waals surface area contributed by atoms with Crippen LogP contribution in [-0.4, -0.2) is 60.5 Å². The van der Waals surface area contributed by atoms with Crippen LogP contribution in [0.4, 0.5) is 35.1 Å². The van der Waals surface area contributed by atoms with E-state index in [0.29, 0.717) is 0 Å². The number of carbonyl (C=O) groups is 2. The number of rotatable bonds is 10. The largest absolute Gasteiger partial charge is 0.745 e. The molecule has 0 aliphatic heterocycles. The van der Waals surface area contributed by atoms with E-state index in [-0.39, 0.29) is 25.7 Å². The molecule has 0 N–H and O–H groups in total. The third-order valence-corrected chi connectivity index (χ3v) is 6.48. The number of esters is 2. The molecule has 0 amide bonds. The molecule has 2 atom stereocenters. The van der Waals surface area contributed by atoms with E-state index in [2.05, 4.69) is 18.8 Å². The van der Waals surface area contributed by atoms with Gasteiger partial charge in [-0.2, -0.15) is 30.7 Å². The molecule has 0 aromatic rings. The minimum absolute atomic E-state index is 0.00794. The number of ether oxygens (including phenoxy) is 2. The van der Waals surface area contributed by atoms with Crippen molar-refractivity contribution in [2.75, 3.05) is 13.2 Å². The Morgan fingerprint density at radius 2 is 1.24 bits per heavy atom. The van der Waals surface area contributed by atoms with Crippen LogP contribution in [0.15, 0.2) is 0 Å². The normalized spacial score (nSPS) is 23.5. The highest BCUT2D eigenvalue weighted by Gasteiger charge is 2.69. The van der Waals surface area contributed by atoms with Gasteiger partial charge < -0.3 is 19.3 Å². The Hall–Kier alpha value is -1.48. The molecule has 10 nitrogen and oxygen atoms in total. The van der Waals surface area contributed by atoms with E-state index in [4.69, 9.17) is 0 Å². The Balaban J connectivity index is 2.61. The number of halogens is 8. The predicted octanol–water partition coefficient (Wildman–Crippen LogP) is 1.75. The van der Waals surface area contributed by atoms with Gasteiger partial charge >= 0.3 is 34.3 Å². The number of hydrogen-bond donors (Lipinski definition) is 0. The van der Waals surface area contributed by atoms with Crippen LogP contribution in [0.25, 0.3) is 0 Å². The van der Waals surface area contributed by atoms with Crippen molar-refractivity contribution < 1.29 is 81.8 Å². The van der Waals surface area contributed by atoms with Crippen LogP contribution in [0.2, 0.25) is 0 Å². The summed E-state index contributed by atoms with van der Waals surface area (Å²) < 4.78 is 147. The lowest BCUT2D eigenvalue weighted by Crippen LogP contribution is -2.55. The van der Waals surface area contributed by atoms with E-state index in [9.17, 15) is 62.9 Å². The summed E-state index contributed by atoms with van der Waals surface area (Å²) in [5.74, 6) is -6.87. The molecule has 1 rings (SSSR count). The van der Waals surface area contributed by atoms with Crippen LogP contribution in [0, 0.1) is 11.8 Å². The molecule has 200 valence electrons. The van der Waals surface area contributed by atoms with Crippen LogP contribution in [0.1, 0.15) is 25.7 Å². The van der Waals surface area contributed by atoms with Crippen LogP contribution in [0.5, 0.6) is 0 Å². The van der Waals surface area contributed by atoms with E-state index in [1.54, 1.807) is 0 Å². The average molecular weight is 558 g/mol. The standard InChI is InChI=1S/C14H16F8O10S2/c15-11(13(17,18)19,33-32-31-25)9(23)29-5-7-1-3-8(4-2-7)6-30-10(24)12(16,14(20,21)22)34(26,27)28/h7-8,25H,1-6H2,(H,26,27,28)/p-2. The molecule has 0 bridgehead atoms. The van der Waals surface area contributed by atoms with Gasteiger partial charge in [-0.25, -0.2) is 26.8 Å². The maximum absolute atomic E-state index is 13.9. The maximum atomic E-state index is 13.9. The summed E-state index contributed by atoms with van der Waals surface area (Å²) in [6.45, 7) is -1.67. The molecule has 1 saturated carbocycles. The van der Waals surface area contributed by atoms with Gasteiger partial charge in [0.25, 0.3) is 0 Å². The molecule has 1 aliphatic rings. The summed E-state index contributed by atoms with van der Waals surface area (Å²) in [5, 5.41) is 1.60. The Bertz CT molecular complexity index is 827. The molecule has 20 heteroatoms. The quantitative estimate of drug-likeness (QED) is 0.0963. The average Bonchev–Trinajstić information content (AvgIpc) is 2.71. The van der Waals surface area contributed by atoms with E-state index < -0.39 is 81.5 Å². The lowest BCUT2D eigenvalue weighted by molar-refractivity contribution is -0.777. The fraction of sp³-hybridized carbons (Fsp3) is 0.857. The zero-order chi connectivity index (χ0) is 26.6. The Morgan fingerprint density at radius 3 is 1.56 bits per heavy atom. The van der Waals surface area contributed by atoms with Crippen LogP contribution in [0.3, 0.4) is 0 Å². The van der Waals surface area contributed by atoms with Gasteiger partial charge in [-0.05, 0) is 37.5 Å². The van der Waals surface area contributed by atoms with Crippen LogP contribution >= 0.6 is 12.0 Å². The van der Waals surface area contributed by atoms with Crippen LogP contribution in [-0.2, 0) is 38.6 Å². The van der Waals surface area contributed by atoms with Gasteiger partial charge in [0.15, 0.2) is 10.1 Å². The molecular weight excluding hydrogens is 544 g/mol. The monoisotopic (exact) mass is 558 g/mol. The van der Waals surface area contributed by atoms with Gasteiger partial charge in [0, 0.05) is 0 Å². The smallest absolute Gasteiger partial charge is 0.447 e. The first-order chi connectivity index (χ1) is 15.3. The van der Waals surface area contributed by atoms with E-state index in [1.165, 1.54) is 0 Å². The fourth-order valence-corrected chi connectivity index (χ4v) is 3.64. The molecule has 2 unspecified atom stereocenters. The minimum atomic E-state index is -6.84. The van der Waals surface area contributed by atoms with Crippen molar-refractivity contribution in [1.29, 1.82) is 0 Å². The molecule has 0 spiro atoms. The second kappa shape index (κ2) is 11.1. The Morgan fingerprint density at radius 1 is 0.824 bits per heavy atom. The van der Waals surface area contributed by atoms with Gasteiger partial charge in [-0.15, -0.1) is 0 Å². The van der Waals surface area contributed by atoms with Gasteiger partial charge in [-0.3, -0.25) is 5.04 Å². The summed E-state index contributed by atoms with van der Waals surface area (Å²) in [5.41, 5.74) is 0. The molecule has 0 radical (unpaired) electrons. The third-order valence-electron chi connectivity index (χ3n) is 4.64. The summed E-state index contributed by atoms with van der Waals surface area (Å²) in [6.07, 6.45) is -12.3. The third kappa shape index (κ3) is 6.80. The predicted molar refractivity (Wildman–Crippen MR) is 86.6 cm³/mol. The Kier molecular flexibility index (Phi) is 9.94. The lowest BCUT2D eigenvalue weighted by Gasteiger charge is -2.31. The van der Waals surface area contributed by atoms with Gasteiger partial charge in [0.1, 0.15) is 0 Å². The molecule has 0 aromatic carbocycles. The summed E-state index contributed by atoms with van der Waals surface area (Å²) >= 11 is -1.28. The van der Waals surface area contributed by atoms with E-state index >= 15 is 0 Å². The topological polar surface area (TPSA) is 151 Å². The van der Waals surface area contributed by atoms with Crippen molar-refractivity contribution in [1.82, 2.24) is 0 Å². The SMILES string of the molecule is O=C(OCC1CCC(COC(=O)C(F)(C(F)(F)F)S(=O)(=O)[O-])CC1)C(F)(SOO[O-])C(F)(F)F. The summed E-state index contributed by atoms with van der Waals surface area (Å²) in [4.78, 5) is 22.9. The molecule has 1 aliphatic carbocycles. The van der Waals surface area contributed by atoms with Gasteiger partial charge in [0.05, 0.1) is 25.3 Å². The number of alkyl halides is 8. The fourth-order valence-electron chi connectivity index (χ4n) is 2.75. The second-order valence-electron chi connectivity index (χ2n) is 6.94. The van der Waals surface area contributed by atoms with E-state index in [0.717, 1.165) is 0 Å². The zero-order valence-electron chi connectivity index (χ0n) is 16.3. The first-order valence-electron chi connectivity index (χ1n) is 8.76. The minimum Gasteiger partial charge on any atom is -0.745 e. The van der Waals surface area contributed by atoms with Gasteiger partial charge in [-0.1, -0.05) is 0 Å². The van der Waals surface area contributed by atoms with Crippen LogP contribution < -0.4 is 5.26 Å². The highest BCUT2D eigenvalue weighted by atomic mass is 32.2. The number of carbonyl (C=O) groups excluding carboxylic acids is 2. The van der Waals surface area contributed by atoms with Crippen molar-refractivity contribution in [3.8, 4) is 0 Å². The van der Waals surface area contributed by atoms with Crippen molar-refractivity contribution in [2.45, 2.75) is 48.0 Å². The molecule has 1 fully saturated rings. The maximum Gasteiger partial charge on any atom is 0.447 e. The zero-order valence-corrected chi connectivity index (χ0v) is 18.0. The molecule has 0 aromatic heterocycles. The lowest BCUT2D eigenvalue weighted by atomic mass is 9.83. The van der Waals surface area contributed by atoms with Crippen molar-refractivity contribution in [3.05, 3.63) is 0 Å². The molecule has 0 heterocycles. The molecule has 34 heavy (non-hydrogen) atoms. The molecule has 0 saturated heterocycles. The second-order valence-corrected chi connectivity index (χ2v) is 9.28. The first-order valence-corrected chi connectivity index (χ1v) is 10.9. The van der Waals surface area contributed by atoms with Gasteiger partial charge in [0.2, 0.25) is 0 Å². The number of hydrogen-bond acceptors (Lipinski definition) is 11.